The van der Waals surface area contributed by atoms with Gasteiger partial charge in [0.25, 0.3) is 0 Å². The molecule has 1 heterocycles. The third-order valence-corrected chi connectivity index (χ3v) is 3.84. The van der Waals surface area contributed by atoms with Crippen LogP contribution in [0.3, 0.4) is 0 Å². The molecule has 0 amide bonds. The summed E-state index contributed by atoms with van der Waals surface area (Å²) in [5.41, 5.74) is -0.891. The van der Waals surface area contributed by atoms with Gasteiger partial charge >= 0.3 is 5.97 Å². The maximum absolute atomic E-state index is 13.2. The number of alkyl halides is 1. The largest absolute Gasteiger partial charge is 0.481 e. The number of rotatable bonds is 3. The molecule has 3 nitrogen and oxygen atoms in total. The Bertz CT molecular complexity index is 286. The minimum absolute atomic E-state index is 0.0493. The molecule has 0 aromatic carbocycles. The molecule has 100 valence electrons. The lowest BCUT2D eigenvalue weighted by atomic mass is 9.66. The van der Waals surface area contributed by atoms with Gasteiger partial charge in [0.2, 0.25) is 0 Å². The van der Waals surface area contributed by atoms with E-state index in [1.165, 1.54) is 6.92 Å². The van der Waals surface area contributed by atoms with Gasteiger partial charge in [0.05, 0.1) is 11.6 Å². The Labute approximate surface area is 103 Å². The first-order valence-corrected chi connectivity index (χ1v) is 6.25. The summed E-state index contributed by atoms with van der Waals surface area (Å²) in [5.74, 6) is -0.602. The second-order valence-corrected chi connectivity index (χ2v) is 6.47. The lowest BCUT2D eigenvalue weighted by Gasteiger charge is -2.43. The van der Waals surface area contributed by atoms with E-state index in [4.69, 9.17) is 0 Å². The van der Waals surface area contributed by atoms with Crippen LogP contribution in [0, 0.1) is 16.7 Å². The first-order valence-electron chi connectivity index (χ1n) is 6.25. The molecule has 0 radical (unpaired) electrons. The summed E-state index contributed by atoms with van der Waals surface area (Å²) >= 11 is 0. The fourth-order valence-corrected chi connectivity index (χ4v) is 2.66. The van der Waals surface area contributed by atoms with Gasteiger partial charge in [0.1, 0.15) is 0 Å². The van der Waals surface area contributed by atoms with Crippen molar-refractivity contribution in [2.75, 3.05) is 13.1 Å². The van der Waals surface area contributed by atoms with Crippen LogP contribution >= 0.6 is 0 Å². The number of nitrogens with one attached hydrogen (secondary N) is 1. The van der Waals surface area contributed by atoms with Crippen LogP contribution in [0.25, 0.3) is 0 Å². The number of carbonyl (C=O) groups is 1. The molecule has 2 N–H and O–H groups in total. The lowest BCUT2D eigenvalue weighted by Crippen LogP contribution is -2.52. The highest BCUT2D eigenvalue weighted by Crippen LogP contribution is 2.41. The van der Waals surface area contributed by atoms with Gasteiger partial charge in [-0.05, 0) is 37.6 Å². The highest BCUT2D eigenvalue weighted by Gasteiger charge is 2.46. The van der Waals surface area contributed by atoms with Gasteiger partial charge in [-0.3, -0.25) is 4.79 Å². The van der Waals surface area contributed by atoms with Crippen LogP contribution in [0.2, 0.25) is 0 Å². The van der Waals surface area contributed by atoms with Gasteiger partial charge in [0.15, 0.2) is 0 Å². The van der Waals surface area contributed by atoms with Crippen LogP contribution in [0.4, 0.5) is 4.39 Å². The van der Waals surface area contributed by atoms with E-state index in [9.17, 15) is 14.3 Å². The van der Waals surface area contributed by atoms with Crippen molar-refractivity contribution < 1.29 is 14.3 Å². The van der Waals surface area contributed by atoms with Gasteiger partial charge in [-0.2, -0.15) is 0 Å². The Morgan fingerprint density at radius 3 is 2.59 bits per heavy atom. The van der Waals surface area contributed by atoms with E-state index in [2.05, 4.69) is 26.1 Å². The van der Waals surface area contributed by atoms with E-state index in [1.807, 2.05) is 0 Å². The van der Waals surface area contributed by atoms with E-state index in [0.717, 1.165) is 6.54 Å². The van der Waals surface area contributed by atoms with Crippen molar-refractivity contribution in [1.82, 2.24) is 5.32 Å². The Balaban J connectivity index is 2.88. The van der Waals surface area contributed by atoms with Crippen molar-refractivity contribution in [2.45, 2.75) is 46.7 Å². The van der Waals surface area contributed by atoms with Crippen LogP contribution in [-0.2, 0) is 4.79 Å². The number of hydrogen-bond donors (Lipinski definition) is 2. The van der Waals surface area contributed by atoms with E-state index < -0.39 is 17.6 Å². The first-order chi connectivity index (χ1) is 7.67. The SMILES string of the molecule is CC(F)C[C@]1(C(=O)O)CNC[C@H](C(C)(C)C)C1. The number of aliphatic carboxylic acids is 1. The Kier molecular flexibility index (Phi) is 4.18. The highest BCUT2D eigenvalue weighted by atomic mass is 19.1. The number of piperidine rings is 1. The molecule has 0 aromatic rings. The maximum atomic E-state index is 13.2. The third-order valence-electron chi connectivity index (χ3n) is 3.84. The number of halogens is 1. The van der Waals surface area contributed by atoms with Gasteiger partial charge in [-0.1, -0.05) is 20.8 Å². The monoisotopic (exact) mass is 245 g/mol. The molecule has 0 spiro atoms. The second-order valence-electron chi connectivity index (χ2n) is 6.47. The summed E-state index contributed by atoms with van der Waals surface area (Å²) in [6.45, 7) is 8.95. The summed E-state index contributed by atoms with van der Waals surface area (Å²) in [6, 6.07) is 0. The van der Waals surface area contributed by atoms with Crippen molar-refractivity contribution in [1.29, 1.82) is 0 Å². The summed E-state index contributed by atoms with van der Waals surface area (Å²) in [7, 11) is 0. The average Bonchev–Trinajstić information content (AvgIpc) is 2.15. The van der Waals surface area contributed by atoms with Crippen molar-refractivity contribution in [3.63, 3.8) is 0 Å². The molecule has 1 saturated heterocycles. The Morgan fingerprint density at radius 1 is 1.59 bits per heavy atom. The Hall–Kier alpha value is -0.640. The van der Waals surface area contributed by atoms with Gasteiger partial charge in [-0.25, -0.2) is 4.39 Å². The van der Waals surface area contributed by atoms with Crippen LogP contribution in [0.5, 0.6) is 0 Å². The summed E-state index contributed by atoms with van der Waals surface area (Å²) in [4.78, 5) is 11.5. The van der Waals surface area contributed by atoms with E-state index >= 15 is 0 Å². The fourth-order valence-electron chi connectivity index (χ4n) is 2.66. The molecule has 1 fully saturated rings. The minimum Gasteiger partial charge on any atom is -0.481 e. The van der Waals surface area contributed by atoms with Crippen molar-refractivity contribution in [3.8, 4) is 0 Å². The van der Waals surface area contributed by atoms with Gasteiger partial charge in [-0.15, -0.1) is 0 Å². The van der Waals surface area contributed by atoms with Gasteiger partial charge in [0, 0.05) is 6.54 Å². The standard InChI is InChI=1S/C13H24FNO2/c1-9(14)5-13(11(16)17)6-10(7-15-8-13)12(2,3)4/h9-10,15H,5-8H2,1-4H3,(H,16,17)/t9?,10-,13-/m1/s1. The number of hydrogen-bond acceptors (Lipinski definition) is 2. The zero-order valence-electron chi connectivity index (χ0n) is 11.2. The predicted molar refractivity (Wildman–Crippen MR) is 65.7 cm³/mol. The zero-order valence-corrected chi connectivity index (χ0v) is 11.2. The molecular weight excluding hydrogens is 221 g/mol. The van der Waals surface area contributed by atoms with Gasteiger partial charge < -0.3 is 10.4 Å². The molecule has 1 aliphatic rings. The third kappa shape index (κ3) is 3.41. The normalized spacial score (nSPS) is 32.2. The first kappa shape index (κ1) is 14.4. The molecule has 1 rings (SSSR count). The maximum Gasteiger partial charge on any atom is 0.311 e. The van der Waals surface area contributed by atoms with Crippen molar-refractivity contribution in [2.24, 2.45) is 16.7 Å². The molecule has 0 aliphatic carbocycles. The van der Waals surface area contributed by atoms with Crippen LogP contribution in [0.1, 0.15) is 40.5 Å². The van der Waals surface area contributed by atoms with Crippen molar-refractivity contribution in [3.05, 3.63) is 0 Å². The molecule has 1 unspecified atom stereocenters. The zero-order chi connectivity index (χ0) is 13.3. The molecule has 1 aliphatic heterocycles. The lowest BCUT2D eigenvalue weighted by molar-refractivity contribution is -0.153. The smallest absolute Gasteiger partial charge is 0.311 e. The highest BCUT2D eigenvalue weighted by molar-refractivity contribution is 5.75. The molecule has 0 aromatic heterocycles. The predicted octanol–water partition coefficient (Wildman–Crippen LogP) is 2.46. The van der Waals surface area contributed by atoms with Crippen LogP contribution < -0.4 is 5.32 Å². The van der Waals surface area contributed by atoms with E-state index in [0.29, 0.717) is 13.0 Å². The quantitative estimate of drug-likeness (QED) is 0.803. The van der Waals surface area contributed by atoms with E-state index in [-0.39, 0.29) is 17.8 Å². The number of carboxylic acids is 1. The Morgan fingerprint density at radius 2 is 2.18 bits per heavy atom. The molecular formula is C13H24FNO2. The minimum atomic E-state index is -1.08. The average molecular weight is 245 g/mol. The number of carboxylic acid groups (broad SMARTS) is 1. The second kappa shape index (κ2) is 4.92. The molecule has 0 saturated carbocycles. The molecule has 4 heteroatoms. The summed E-state index contributed by atoms with van der Waals surface area (Å²) < 4.78 is 13.2. The van der Waals surface area contributed by atoms with Crippen LogP contribution in [-0.4, -0.2) is 30.3 Å². The topological polar surface area (TPSA) is 49.3 Å². The van der Waals surface area contributed by atoms with Crippen molar-refractivity contribution >= 4 is 5.97 Å². The van der Waals surface area contributed by atoms with Crippen LogP contribution in [0.15, 0.2) is 0 Å². The fraction of sp³-hybridized carbons (Fsp3) is 0.923. The molecule has 17 heavy (non-hydrogen) atoms. The summed E-state index contributed by atoms with van der Waals surface area (Å²) in [6.07, 6.45) is -0.415. The summed E-state index contributed by atoms with van der Waals surface area (Å²) in [5, 5.41) is 12.6. The molecule has 0 bridgehead atoms. The molecule has 3 atom stereocenters. The van der Waals surface area contributed by atoms with E-state index in [1.54, 1.807) is 0 Å².